The highest BCUT2D eigenvalue weighted by atomic mass is 32.2. The van der Waals surface area contributed by atoms with Gasteiger partial charge >= 0.3 is 18.3 Å². The second-order valence-corrected chi connectivity index (χ2v) is 10.8. The van der Waals surface area contributed by atoms with Crippen molar-refractivity contribution < 1.29 is 49.5 Å². The molecule has 2 aliphatic heterocycles. The third-order valence-corrected chi connectivity index (χ3v) is 8.13. The lowest BCUT2D eigenvalue weighted by Gasteiger charge is -2.26. The van der Waals surface area contributed by atoms with E-state index in [0.29, 0.717) is 12.1 Å². The Bertz CT molecular complexity index is 1070. The standard InChI is InChI=1S/C18H16F6N2O5S2/c19-17(20,21)9-4-10(18(22,23)24)6-11(5-9)26-12-7-33(30,31)8-13(12)32-16(26)25-14(27)2-1-3-15(28)29/h4-6,12-13H,1-3,7-8H2,(H,28,29)/t12-,13-/m1/s1. The Kier molecular flexibility index (Phi) is 6.77. The highest BCUT2D eigenvalue weighted by Gasteiger charge is 2.50. The second-order valence-electron chi connectivity index (χ2n) is 7.47. The average Bonchev–Trinajstić information content (AvgIpc) is 3.10. The molecule has 2 fully saturated rings. The molecule has 182 valence electrons. The number of hydrogen-bond donors (Lipinski definition) is 1. The lowest BCUT2D eigenvalue weighted by atomic mass is 10.1. The van der Waals surface area contributed by atoms with Gasteiger partial charge in [-0.25, -0.2) is 8.42 Å². The molecule has 2 aliphatic rings. The van der Waals surface area contributed by atoms with Crippen molar-refractivity contribution in [1.29, 1.82) is 0 Å². The molecule has 1 aromatic carbocycles. The molecule has 3 rings (SSSR count). The summed E-state index contributed by atoms with van der Waals surface area (Å²) in [6, 6.07) is -0.167. The molecule has 0 saturated carbocycles. The number of aliphatic imine (C=N–C) groups is 1. The summed E-state index contributed by atoms with van der Waals surface area (Å²) in [5.41, 5.74) is -3.77. The van der Waals surface area contributed by atoms with Crippen LogP contribution in [0.2, 0.25) is 0 Å². The zero-order chi connectivity index (χ0) is 24.8. The molecule has 0 unspecified atom stereocenters. The summed E-state index contributed by atoms with van der Waals surface area (Å²) < 4.78 is 104. The molecule has 0 radical (unpaired) electrons. The van der Waals surface area contributed by atoms with Crippen molar-refractivity contribution in [3.05, 3.63) is 29.3 Å². The van der Waals surface area contributed by atoms with E-state index < -0.39 is 67.9 Å². The lowest BCUT2D eigenvalue weighted by molar-refractivity contribution is -0.143. The zero-order valence-electron chi connectivity index (χ0n) is 16.5. The number of nitrogens with zero attached hydrogens (tertiary/aromatic N) is 2. The third kappa shape index (κ3) is 5.99. The van der Waals surface area contributed by atoms with Gasteiger partial charge in [0.15, 0.2) is 15.0 Å². The molecule has 2 saturated heterocycles. The molecule has 33 heavy (non-hydrogen) atoms. The van der Waals surface area contributed by atoms with E-state index in [1.807, 2.05) is 0 Å². The average molecular weight is 518 g/mol. The van der Waals surface area contributed by atoms with E-state index in [2.05, 4.69) is 4.99 Å². The van der Waals surface area contributed by atoms with Crippen LogP contribution in [0, 0.1) is 0 Å². The number of hydrogen-bond acceptors (Lipinski definition) is 5. The summed E-state index contributed by atoms with van der Waals surface area (Å²) in [6.07, 6.45) is -11.0. The first-order valence-electron chi connectivity index (χ1n) is 9.36. The number of amides is 1. The van der Waals surface area contributed by atoms with E-state index in [1.165, 1.54) is 0 Å². The number of aliphatic carboxylic acids is 1. The highest BCUT2D eigenvalue weighted by Crippen LogP contribution is 2.44. The van der Waals surface area contributed by atoms with Crippen LogP contribution in [0.5, 0.6) is 0 Å². The number of carbonyl (C=O) groups excluding carboxylic acids is 1. The fourth-order valence-electron chi connectivity index (χ4n) is 3.50. The van der Waals surface area contributed by atoms with Crippen molar-refractivity contribution in [2.24, 2.45) is 4.99 Å². The van der Waals surface area contributed by atoms with Gasteiger partial charge in [0.05, 0.1) is 28.7 Å². The van der Waals surface area contributed by atoms with E-state index in [4.69, 9.17) is 5.11 Å². The Hall–Kier alpha value is -2.29. The highest BCUT2D eigenvalue weighted by molar-refractivity contribution is 8.16. The van der Waals surface area contributed by atoms with E-state index in [-0.39, 0.29) is 36.2 Å². The molecule has 0 spiro atoms. The van der Waals surface area contributed by atoms with Crippen molar-refractivity contribution in [2.45, 2.75) is 42.9 Å². The van der Waals surface area contributed by atoms with Crippen LogP contribution >= 0.6 is 11.8 Å². The molecule has 0 bridgehead atoms. The van der Waals surface area contributed by atoms with Gasteiger partial charge in [0, 0.05) is 23.8 Å². The fourth-order valence-corrected chi connectivity index (χ4v) is 7.43. The van der Waals surface area contributed by atoms with Crippen LogP contribution < -0.4 is 4.90 Å². The minimum absolute atomic E-state index is 0.0521. The van der Waals surface area contributed by atoms with Crippen LogP contribution in [-0.4, -0.2) is 53.4 Å². The van der Waals surface area contributed by atoms with Crippen LogP contribution in [-0.2, 0) is 31.8 Å². The molecule has 15 heteroatoms. The summed E-state index contributed by atoms with van der Waals surface area (Å²) in [5.74, 6) is -2.89. The number of carboxylic acid groups (broad SMARTS) is 1. The van der Waals surface area contributed by atoms with Gasteiger partial charge in [-0.1, -0.05) is 11.8 Å². The quantitative estimate of drug-likeness (QED) is 0.595. The second kappa shape index (κ2) is 8.81. The normalized spacial score (nSPS) is 23.7. The SMILES string of the molecule is O=C(O)CCCC(=O)N=C1S[C@@H]2CS(=O)(=O)C[C@H]2N1c1cc(C(F)(F)F)cc(C(F)(F)F)c1. The number of amidine groups is 1. The summed E-state index contributed by atoms with van der Waals surface area (Å²) >= 11 is 0.778. The van der Waals surface area contributed by atoms with Crippen LogP contribution in [0.4, 0.5) is 32.0 Å². The summed E-state index contributed by atoms with van der Waals surface area (Å²) in [7, 11) is -3.61. The molecule has 1 N–H and O–H groups in total. The van der Waals surface area contributed by atoms with Gasteiger partial charge in [-0.3, -0.25) is 9.59 Å². The number of benzene rings is 1. The molecule has 2 atom stereocenters. The molecule has 7 nitrogen and oxygen atoms in total. The number of carbonyl (C=O) groups is 2. The number of rotatable bonds is 5. The maximum Gasteiger partial charge on any atom is 0.416 e. The molecule has 0 aromatic heterocycles. The number of anilines is 1. The number of halogens is 6. The number of thioether (sulfide) groups is 1. The van der Waals surface area contributed by atoms with Gasteiger partial charge in [0.25, 0.3) is 0 Å². The van der Waals surface area contributed by atoms with Crippen molar-refractivity contribution >= 4 is 44.3 Å². The predicted octanol–water partition coefficient (Wildman–Crippen LogP) is 3.58. The Morgan fingerprint density at radius 1 is 1.03 bits per heavy atom. The van der Waals surface area contributed by atoms with Gasteiger partial charge in [0.2, 0.25) is 5.91 Å². The summed E-state index contributed by atoms with van der Waals surface area (Å²) in [4.78, 5) is 27.4. The topological polar surface area (TPSA) is 104 Å². The number of alkyl halides is 6. The molecule has 2 heterocycles. The Morgan fingerprint density at radius 3 is 2.12 bits per heavy atom. The minimum Gasteiger partial charge on any atom is -0.481 e. The van der Waals surface area contributed by atoms with E-state index in [1.54, 1.807) is 0 Å². The summed E-state index contributed by atoms with van der Waals surface area (Å²) in [6.45, 7) is 0. The van der Waals surface area contributed by atoms with Crippen molar-refractivity contribution in [3.8, 4) is 0 Å². The first-order chi connectivity index (χ1) is 15.1. The first-order valence-corrected chi connectivity index (χ1v) is 12.1. The molecule has 0 aliphatic carbocycles. The zero-order valence-corrected chi connectivity index (χ0v) is 18.1. The lowest BCUT2D eigenvalue weighted by Crippen LogP contribution is -2.38. The molecular formula is C18H16F6N2O5S2. The third-order valence-electron chi connectivity index (χ3n) is 4.92. The molecular weight excluding hydrogens is 502 g/mol. The fraction of sp³-hybridized carbons (Fsp3) is 0.500. The number of fused-ring (bicyclic) bond motifs is 1. The number of sulfone groups is 1. The van der Waals surface area contributed by atoms with Crippen LogP contribution in [0.25, 0.3) is 0 Å². The van der Waals surface area contributed by atoms with E-state index in [0.717, 1.165) is 16.7 Å². The predicted molar refractivity (Wildman–Crippen MR) is 107 cm³/mol. The smallest absolute Gasteiger partial charge is 0.416 e. The van der Waals surface area contributed by atoms with Crippen LogP contribution in [0.1, 0.15) is 30.4 Å². The maximum atomic E-state index is 13.3. The van der Waals surface area contributed by atoms with Gasteiger partial charge in [-0.15, -0.1) is 0 Å². The maximum absolute atomic E-state index is 13.3. The summed E-state index contributed by atoms with van der Waals surface area (Å²) in [5, 5.41) is 7.67. The van der Waals surface area contributed by atoms with Crippen LogP contribution in [0.3, 0.4) is 0 Å². The van der Waals surface area contributed by atoms with Gasteiger partial charge in [-0.05, 0) is 24.6 Å². The van der Waals surface area contributed by atoms with E-state index in [9.17, 15) is 44.3 Å². The van der Waals surface area contributed by atoms with Gasteiger partial charge in [0.1, 0.15) is 0 Å². The largest absolute Gasteiger partial charge is 0.481 e. The monoisotopic (exact) mass is 518 g/mol. The van der Waals surface area contributed by atoms with Crippen molar-refractivity contribution in [3.63, 3.8) is 0 Å². The Morgan fingerprint density at radius 2 is 1.61 bits per heavy atom. The minimum atomic E-state index is -5.12. The molecule has 1 aromatic rings. The molecule has 1 amide bonds. The van der Waals surface area contributed by atoms with E-state index >= 15 is 0 Å². The van der Waals surface area contributed by atoms with Crippen molar-refractivity contribution in [1.82, 2.24) is 0 Å². The van der Waals surface area contributed by atoms with Gasteiger partial charge < -0.3 is 10.0 Å². The van der Waals surface area contributed by atoms with Crippen LogP contribution in [0.15, 0.2) is 23.2 Å². The van der Waals surface area contributed by atoms with Crippen molar-refractivity contribution in [2.75, 3.05) is 16.4 Å². The Labute approximate surface area is 187 Å². The van der Waals surface area contributed by atoms with Gasteiger partial charge in [-0.2, -0.15) is 31.3 Å². The first kappa shape index (κ1) is 25.3. The Balaban J connectivity index is 2.06. The number of carboxylic acids is 1.